The molecule has 0 radical (unpaired) electrons. The first-order valence-electron chi connectivity index (χ1n) is 6.22. The summed E-state index contributed by atoms with van der Waals surface area (Å²) in [5, 5.41) is 4.65. The monoisotopic (exact) mass is 322 g/mol. The zero-order chi connectivity index (χ0) is 12.4. The lowest BCUT2D eigenvalue weighted by Crippen LogP contribution is -2.15. The Morgan fingerprint density at radius 1 is 1.39 bits per heavy atom. The number of halogens is 1. The molecule has 1 saturated carbocycles. The van der Waals surface area contributed by atoms with E-state index < -0.39 is 0 Å². The summed E-state index contributed by atoms with van der Waals surface area (Å²) in [6.45, 7) is 2.04. The quantitative estimate of drug-likeness (QED) is 0.897. The Morgan fingerprint density at radius 2 is 2.28 bits per heavy atom. The number of aromatic nitrogens is 1. The van der Waals surface area contributed by atoms with Crippen LogP contribution in [-0.2, 0) is 6.54 Å². The van der Waals surface area contributed by atoms with Gasteiger partial charge >= 0.3 is 0 Å². The average molecular weight is 323 g/mol. The first-order chi connectivity index (χ1) is 8.81. The van der Waals surface area contributed by atoms with E-state index >= 15 is 0 Å². The fraction of sp³-hybridized carbons (Fsp3) is 0.357. The molecule has 0 unspecified atom stereocenters. The number of rotatable bonds is 5. The third kappa shape index (κ3) is 3.19. The van der Waals surface area contributed by atoms with E-state index in [1.807, 2.05) is 12.3 Å². The van der Waals surface area contributed by atoms with Crippen LogP contribution in [-0.4, -0.2) is 11.5 Å². The summed E-state index contributed by atoms with van der Waals surface area (Å²) >= 11 is 5.28. The van der Waals surface area contributed by atoms with Crippen LogP contribution in [0.5, 0.6) is 0 Å². The standard InChI is InChI=1S/C14H15BrN2S/c15-12-3-1-2-11(6-12)13-8-17-14(18-13)9-16-7-10-4-5-10/h1-3,6,8,10,16H,4-5,7,9H2. The molecule has 2 nitrogen and oxygen atoms in total. The third-order valence-corrected chi connectivity index (χ3v) is 4.61. The number of nitrogens with one attached hydrogen (secondary N) is 1. The summed E-state index contributed by atoms with van der Waals surface area (Å²) in [6, 6.07) is 8.36. The molecule has 2 aromatic rings. The molecule has 94 valence electrons. The van der Waals surface area contributed by atoms with Crippen molar-refractivity contribution in [2.75, 3.05) is 6.54 Å². The van der Waals surface area contributed by atoms with Gasteiger partial charge in [0, 0.05) is 17.2 Å². The van der Waals surface area contributed by atoms with E-state index in [4.69, 9.17) is 0 Å². The molecule has 1 heterocycles. The SMILES string of the molecule is Brc1cccc(-c2cnc(CNCC3CC3)s2)c1. The van der Waals surface area contributed by atoms with E-state index in [2.05, 4.69) is 44.4 Å². The molecule has 0 bridgehead atoms. The van der Waals surface area contributed by atoms with E-state index in [0.29, 0.717) is 0 Å². The number of hydrogen-bond donors (Lipinski definition) is 1. The van der Waals surface area contributed by atoms with Crippen molar-refractivity contribution >= 4 is 27.3 Å². The van der Waals surface area contributed by atoms with Crippen LogP contribution >= 0.6 is 27.3 Å². The lowest BCUT2D eigenvalue weighted by Gasteiger charge is -1.99. The van der Waals surface area contributed by atoms with Crippen LogP contribution in [0.2, 0.25) is 0 Å². The van der Waals surface area contributed by atoms with Crippen LogP contribution in [0.4, 0.5) is 0 Å². The average Bonchev–Trinajstić information content (AvgIpc) is 3.06. The molecule has 0 atom stereocenters. The number of nitrogens with zero attached hydrogens (tertiary/aromatic N) is 1. The second-order valence-electron chi connectivity index (χ2n) is 4.70. The van der Waals surface area contributed by atoms with Gasteiger partial charge in [0.25, 0.3) is 0 Å². The van der Waals surface area contributed by atoms with Gasteiger partial charge in [-0.1, -0.05) is 28.1 Å². The summed E-state index contributed by atoms with van der Waals surface area (Å²) in [6.07, 6.45) is 4.77. The number of benzene rings is 1. The first-order valence-corrected chi connectivity index (χ1v) is 7.83. The second kappa shape index (κ2) is 5.51. The molecule has 1 aromatic heterocycles. The Bertz CT molecular complexity index is 534. The third-order valence-electron chi connectivity index (χ3n) is 3.07. The topological polar surface area (TPSA) is 24.9 Å². The Balaban J connectivity index is 1.64. The van der Waals surface area contributed by atoms with Crippen molar-refractivity contribution in [1.29, 1.82) is 0 Å². The van der Waals surface area contributed by atoms with Crippen LogP contribution in [0.1, 0.15) is 17.8 Å². The highest BCUT2D eigenvalue weighted by Gasteiger charge is 2.20. The van der Waals surface area contributed by atoms with Crippen LogP contribution in [0.15, 0.2) is 34.9 Å². The van der Waals surface area contributed by atoms with Gasteiger partial charge in [0.15, 0.2) is 0 Å². The highest BCUT2D eigenvalue weighted by Crippen LogP contribution is 2.29. The smallest absolute Gasteiger partial charge is 0.107 e. The summed E-state index contributed by atoms with van der Waals surface area (Å²) in [5.74, 6) is 0.925. The maximum atomic E-state index is 4.48. The summed E-state index contributed by atoms with van der Waals surface area (Å²) < 4.78 is 1.11. The van der Waals surface area contributed by atoms with Gasteiger partial charge in [-0.25, -0.2) is 4.98 Å². The Labute approximate surface area is 120 Å². The fourth-order valence-electron chi connectivity index (χ4n) is 1.87. The predicted molar refractivity (Wildman–Crippen MR) is 79.7 cm³/mol. The fourth-order valence-corrected chi connectivity index (χ4v) is 3.16. The second-order valence-corrected chi connectivity index (χ2v) is 6.73. The largest absolute Gasteiger partial charge is 0.310 e. The highest BCUT2D eigenvalue weighted by atomic mass is 79.9. The molecule has 3 rings (SSSR count). The molecule has 1 aliphatic rings. The maximum Gasteiger partial charge on any atom is 0.107 e. The normalized spacial score (nSPS) is 14.9. The molecular weight excluding hydrogens is 308 g/mol. The molecule has 0 spiro atoms. The van der Waals surface area contributed by atoms with Crippen LogP contribution in [0.25, 0.3) is 10.4 Å². The van der Waals surface area contributed by atoms with Crippen molar-refractivity contribution in [3.05, 3.63) is 39.9 Å². The van der Waals surface area contributed by atoms with E-state index in [0.717, 1.165) is 23.5 Å². The zero-order valence-corrected chi connectivity index (χ0v) is 12.4. The maximum absolute atomic E-state index is 4.48. The van der Waals surface area contributed by atoms with Gasteiger partial charge in [-0.2, -0.15) is 0 Å². The van der Waals surface area contributed by atoms with Crippen molar-refractivity contribution in [3.8, 4) is 10.4 Å². The van der Waals surface area contributed by atoms with Crippen LogP contribution in [0, 0.1) is 5.92 Å². The minimum Gasteiger partial charge on any atom is -0.310 e. The van der Waals surface area contributed by atoms with E-state index in [9.17, 15) is 0 Å². The van der Waals surface area contributed by atoms with E-state index in [1.165, 1.54) is 28.3 Å². The molecular formula is C14H15BrN2S. The van der Waals surface area contributed by atoms with Crippen molar-refractivity contribution in [3.63, 3.8) is 0 Å². The van der Waals surface area contributed by atoms with Crippen LogP contribution in [0.3, 0.4) is 0 Å². The van der Waals surface area contributed by atoms with Crippen molar-refractivity contribution < 1.29 is 0 Å². The minimum absolute atomic E-state index is 0.898. The first kappa shape index (κ1) is 12.3. The molecule has 1 N–H and O–H groups in total. The Morgan fingerprint density at radius 3 is 3.06 bits per heavy atom. The van der Waals surface area contributed by atoms with Gasteiger partial charge in [0.05, 0.1) is 4.88 Å². The lowest BCUT2D eigenvalue weighted by molar-refractivity contribution is 0.637. The predicted octanol–water partition coefficient (Wildman–Crippen LogP) is 4.07. The van der Waals surface area contributed by atoms with E-state index in [1.54, 1.807) is 11.3 Å². The zero-order valence-electron chi connectivity index (χ0n) is 10.0. The van der Waals surface area contributed by atoms with Crippen LogP contribution < -0.4 is 5.32 Å². The number of hydrogen-bond acceptors (Lipinski definition) is 3. The molecule has 1 aliphatic carbocycles. The van der Waals surface area contributed by atoms with Gasteiger partial charge in [0.1, 0.15) is 5.01 Å². The minimum atomic E-state index is 0.898. The van der Waals surface area contributed by atoms with E-state index in [-0.39, 0.29) is 0 Å². The highest BCUT2D eigenvalue weighted by molar-refractivity contribution is 9.10. The van der Waals surface area contributed by atoms with Crippen molar-refractivity contribution in [2.45, 2.75) is 19.4 Å². The molecule has 0 aliphatic heterocycles. The summed E-state index contributed by atoms with van der Waals surface area (Å²) in [5.41, 5.74) is 1.23. The van der Waals surface area contributed by atoms with Crippen molar-refractivity contribution in [1.82, 2.24) is 10.3 Å². The summed E-state index contributed by atoms with van der Waals surface area (Å²) in [7, 11) is 0. The van der Waals surface area contributed by atoms with Gasteiger partial charge in [-0.15, -0.1) is 11.3 Å². The number of thiazole rings is 1. The molecule has 1 fully saturated rings. The molecule has 4 heteroatoms. The Hall–Kier alpha value is -0.710. The van der Waals surface area contributed by atoms with Gasteiger partial charge in [0.2, 0.25) is 0 Å². The lowest BCUT2D eigenvalue weighted by atomic mass is 10.2. The molecule has 1 aromatic carbocycles. The van der Waals surface area contributed by atoms with Crippen molar-refractivity contribution in [2.24, 2.45) is 5.92 Å². The van der Waals surface area contributed by atoms with Gasteiger partial charge in [-0.05, 0) is 43.0 Å². The Kier molecular flexibility index (Phi) is 3.77. The van der Waals surface area contributed by atoms with Gasteiger partial charge < -0.3 is 5.32 Å². The molecule has 18 heavy (non-hydrogen) atoms. The summed E-state index contributed by atoms with van der Waals surface area (Å²) in [4.78, 5) is 5.72. The molecule has 0 amide bonds. The van der Waals surface area contributed by atoms with Gasteiger partial charge in [-0.3, -0.25) is 0 Å². The molecule has 0 saturated heterocycles.